The number of hydrogen-bond donors (Lipinski definition) is 2. The lowest BCUT2D eigenvalue weighted by atomic mass is 10.3. The first-order chi connectivity index (χ1) is 8.08. The lowest BCUT2D eigenvalue weighted by Crippen LogP contribution is -2.17. The molecule has 0 atom stereocenters. The van der Waals surface area contributed by atoms with Gasteiger partial charge in [0, 0.05) is 17.8 Å². The fourth-order valence-electron chi connectivity index (χ4n) is 1.29. The largest absolute Gasteiger partial charge is 0.462 e. The van der Waals surface area contributed by atoms with Gasteiger partial charge in [0.05, 0.1) is 12.2 Å². The second-order valence-corrected chi connectivity index (χ2v) is 4.66. The topological polar surface area (TPSA) is 81.4 Å². The number of amides is 1. The first-order valence-electron chi connectivity index (χ1n) is 5.36. The van der Waals surface area contributed by atoms with Crippen LogP contribution in [0.4, 0.5) is 5.00 Å². The maximum Gasteiger partial charge on any atom is 0.341 e. The molecule has 1 heterocycles. The van der Waals surface area contributed by atoms with Crippen molar-refractivity contribution in [2.24, 2.45) is 5.73 Å². The Morgan fingerprint density at radius 3 is 2.82 bits per heavy atom. The van der Waals surface area contributed by atoms with Gasteiger partial charge in [-0.15, -0.1) is 11.3 Å². The average molecular weight is 256 g/mol. The van der Waals surface area contributed by atoms with E-state index >= 15 is 0 Å². The van der Waals surface area contributed by atoms with Crippen LogP contribution in [0.5, 0.6) is 0 Å². The zero-order valence-corrected chi connectivity index (χ0v) is 10.7. The maximum absolute atomic E-state index is 11.6. The second kappa shape index (κ2) is 6.36. The Balaban J connectivity index is 2.84. The summed E-state index contributed by atoms with van der Waals surface area (Å²) < 4.78 is 4.92. The molecule has 0 fully saturated rings. The highest BCUT2D eigenvalue weighted by atomic mass is 32.1. The van der Waals surface area contributed by atoms with Gasteiger partial charge in [-0.3, -0.25) is 4.79 Å². The molecular weight excluding hydrogens is 240 g/mol. The second-order valence-electron chi connectivity index (χ2n) is 3.41. The van der Waals surface area contributed by atoms with Gasteiger partial charge >= 0.3 is 5.97 Å². The van der Waals surface area contributed by atoms with Crippen LogP contribution in [0, 0.1) is 6.92 Å². The summed E-state index contributed by atoms with van der Waals surface area (Å²) in [6.45, 7) is 4.20. The lowest BCUT2D eigenvalue weighted by molar-refractivity contribution is -0.116. The van der Waals surface area contributed by atoms with E-state index < -0.39 is 5.97 Å². The summed E-state index contributed by atoms with van der Waals surface area (Å²) >= 11 is 1.35. The number of anilines is 1. The summed E-state index contributed by atoms with van der Waals surface area (Å²) in [6.07, 6.45) is 0.235. The van der Waals surface area contributed by atoms with Crippen LogP contribution in [0.3, 0.4) is 0 Å². The Kier molecular flexibility index (Phi) is 5.11. The summed E-state index contributed by atoms with van der Waals surface area (Å²) in [5.41, 5.74) is 5.69. The molecule has 0 aromatic carbocycles. The summed E-state index contributed by atoms with van der Waals surface area (Å²) in [5.74, 6) is -0.611. The summed E-state index contributed by atoms with van der Waals surface area (Å²) in [6, 6.07) is 1.71. The van der Waals surface area contributed by atoms with Crippen molar-refractivity contribution in [2.45, 2.75) is 20.3 Å². The number of nitrogens with one attached hydrogen (secondary N) is 1. The third kappa shape index (κ3) is 3.83. The number of esters is 1. The van der Waals surface area contributed by atoms with Crippen LogP contribution in [0.25, 0.3) is 0 Å². The molecule has 1 amide bonds. The third-order valence-electron chi connectivity index (χ3n) is 1.97. The zero-order valence-electron chi connectivity index (χ0n) is 9.91. The molecule has 1 rings (SSSR count). The first-order valence-corrected chi connectivity index (χ1v) is 6.17. The zero-order chi connectivity index (χ0) is 12.8. The number of carbonyl (C=O) groups is 2. The average Bonchev–Trinajstić information content (AvgIpc) is 2.60. The molecule has 0 aliphatic carbocycles. The van der Waals surface area contributed by atoms with Gasteiger partial charge in [-0.1, -0.05) is 0 Å². The molecule has 1 aromatic rings. The molecule has 0 saturated carbocycles. The van der Waals surface area contributed by atoms with Gasteiger partial charge in [-0.2, -0.15) is 0 Å². The van der Waals surface area contributed by atoms with Crippen LogP contribution in [-0.4, -0.2) is 25.0 Å². The van der Waals surface area contributed by atoms with E-state index in [-0.39, 0.29) is 18.9 Å². The Morgan fingerprint density at radius 1 is 1.53 bits per heavy atom. The molecule has 6 heteroatoms. The standard InChI is InChI=1S/C11H16N2O3S/c1-3-16-11(15)8-6-7(2)17-10(8)13-9(14)4-5-12/h6H,3-5,12H2,1-2H3,(H,13,14). The van der Waals surface area contributed by atoms with Crippen molar-refractivity contribution in [1.29, 1.82) is 0 Å². The quantitative estimate of drug-likeness (QED) is 0.783. The molecule has 0 aliphatic rings. The molecule has 0 unspecified atom stereocenters. The monoisotopic (exact) mass is 256 g/mol. The normalized spacial score (nSPS) is 10.1. The van der Waals surface area contributed by atoms with Gasteiger partial charge < -0.3 is 15.8 Å². The van der Waals surface area contributed by atoms with Crippen LogP contribution in [0.2, 0.25) is 0 Å². The van der Waals surface area contributed by atoms with Gasteiger partial charge in [-0.25, -0.2) is 4.79 Å². The van der Waals surface area contributed by atoms with E-state index in [1.54, 1.807) is 13.0 Å². The van der Waals surface area contributed by atoms with E-state index in [1.165, 1.54) is 11.3 Å². The molecule has 3 N–H and O–H groups in total. The predicted octanol–water partition coefficient (Wildman–Crippen LogP) is 1.52. The smallest absolute Gasteiger partial charge is 0.341 e. The van der Waals surface area contributed by atoms with Crippen molar-refractivity contribution in [1.82, 2.24) is 0 Å². The maximum atomic E-state index is 11.6. The Labute approximate surface area is 104 Å². The molecule has 5 nitrogen and oxygen atoms in total. The lowest BCUT2D eigenvalue weighted by Gasteiger charge is -2.05. The molecular formula is C11H16N2O3S. The van der Waals surface area contributed by atoms with Crippen LogP contribution in [-0.2, 0) is 9.53 Å². The van der Waals surface area contributed by atoms with Crippen molar-refractivity contribution >= 4 is 28.2 Å². The van der Waals surface area contributed by atoms with Crippen LogP contribution in [0.15, 0.2) is 6.07 Å². The Hall–Kier alpha value is -1.40. The number of ether oxygens (including phenoxy) is 1. The molecule has 17 heavy (non-hydrogen) atoms. The summed E-state index contributed by atoms with van der Waals surface area (Å²) in [4.78, 5) is 24.0. The highest BCUT2D eigenvalue weighted by Gasteiger charge is 2.17. The van der Waals surface area contributed by atoms with Gasteiger partial charge in [0.1, 0.15) is 5.00 Å². The minimum absolute atomic E-state index is 0.195. The van der Waals surface area contributed by atoms with Gasteiger partial charge in [0.2, 0.25) is 5.91 Å². The van der Waals surface area contributed by atoms with Crippen LogP contribution < -0.4 is 11.1 Å². The Bertz CT molecular complexity index is 415. The molecule has 0 saturated heterocycles. The number of rotatable bonds is 5. The predicted molar refractivity (Wildman–Crippen MR) is 67.3 cm³/mol. The van der Waals surface area contributed by atoms with Crippen molar-refractivity contribution < 1.29 is 14.3 Å². The van der Waals surface area contributed by atoms with E-state index in [0.29, 0.717) is 17.2 Å². The first kappa shape index (κ1) is 13.7. The molecule has 0 aliphatic heterocycles. The highest BCUT2D eigenvalue weighted by molar-refractivity contribution is 7.16. The van der Waals surface area contributed by atoms with E-state index in [2.05, 4.69) is 5.32 Å². The van der Waals surface area contributed by atoms with Gasteiger partial charge in [-0.05, 0) is 19.9 Å². The minimum atomic E-state index is -0.417. The van der Waals surface area contributed by atoms with Gasteiger partial charge in [0.15, 0.2) is 0 Å². The number of carbonyl (C=O) groups excluding carboxylic acids is 2. The van der Waals surface area contributed by atoms with Crippen molar-refractivity contribution in [3.05, 3.63) is 16.5 Å². The number of hydrogen-bond acceptors (Lipinski definition) is 5. The molecule has 1 aromatic heterocycles. The van der Waals surface area contributed by atoms with Gasteiger partial charge in [0.25, 0.3) is 0 Å². The van der Waals surface area contributed by atoms with Crippen molar-refractivity contribution in [2.75, 3.05) is 18.5 Å². The van der Waals surface area contributed by atoms with E-state index in [9.17, 15) is 9.59 Å². The molecule has 0 bridgehead atoms. The number of aryl methyl sites for hydroxylation is 1. The van der Waals surface area contributed by atoms with Crippen LogP contribution >= 0.6 is 11.3 Å². The fraction of sp³-hybridized carbons (Fsp3) is 0.455. The van der Waals surface area contributed by atoms with Crippen molar-refractivity contribution in [3.63, 3.8) is 0 Å². The SMILES string of the molecule is CCOC(=O)c1cc(C)sc1NC(=O)CCN. The third-order valence-corrected chi connectivity index (χ3v) is 2.94. The van der Waals surface area contributed by atoms with Crippen molar-refractivity contribution in [3.8, 4) is 0 Å². The fourth-order valence-corrected chi connectivity index (χ4v) is 2.20. The molecule has 94 valence electrons. The number of thiophene rings is 1. The summed E-state index contributed by atoms with van der Waals surface area (Å²) in [5, 5.41) is 3.20. The molecule has 0 spiro atoms. The minimum Gasteiger partial charge on any atom is -0.462 e. The highest BCUT2D eigenvalue weighted by Crippen LogP contribution is 2.28. The number of nitrogens with two attached hydrogens (primary N) is 1. The van der Waals surface area contributed by atoms with E-state index in [1.807, 2.05) is 6.92 Å². The Morgan fingerprint density at radius 2 is 2.24 bits per heavy atom. The van der Waals surface area contributed by atoms with Crippen LogP contribution in [0.1, 0.15) is 28.6 Å². The van der Waals surface area contributed by atoms with E-state index in [4.69, 9.17) is 10.5 Å². The van der Waals surface area contributed by atoms with E-state index in [0.717, 1.165) is 4.88 Å². The summed E-state index contributed by atoms with van der Waals surface area (Å²) in [7, 11) is 0. The molecule has 0 radical (unpaired) electrons.